The van der Waals surface area contributed by atoms with Crippen LogP contribution in [0.25, 0.3) is 10.9 Å². The van der Waals surface area contributed by atoms with Crippen molar-refractivity contribution < 1.29 is 0 Å². The van der Waals surface area contributed by atoms with Crippen LogP contribution >= 0.6 is 0 Å². The number of nitrogens with one attached hydrogen (secondary N) is 2. The van der Waals surface area contributed by atoms with Crippen LogP contribution in [0.4, 0.5) is 0 Å². The van der Waals surface area contributed by atoms with Crippen LogP contribution in [0.15, 0.2) is 29.3 Å². The SMILES string of the molecule is Cc1nn(CNC2=NCCN2)c2ccccc12. The van der Waals surface area contributed by atoms with Gasteiger partial charge in [-0.1, -0.05) is 18.2 Å². The summed E-state index contributed by atoms with van der Waals surface area (Å²) >= 11 is 0. The highest BCUT2D eigenvalue weighted by molar-refractivity contribution is 5.83. The van der Waals surface area contributed by atoms with Crippen LogP contribution in [-0.2, 0) is 6.67 Å². The molecular formula is C12H15N5. The maximum Gasteiger partial charge on any atom is 0.192 e. The second-order valence-electron chi connectivity index (χ2n) is 4.09. The minimum Gasteiger partial charge on any atom is -0.355 e. The number of benzene rings is 1. The maximum atomic E-state index is 4.52. The first kappa shape index (κ1) is 10.1. The van der Waals surface area contributed by atoms with E-state index in [9.17, 15) is 0 Å². The molecule has 0 spiro atoms. The Morgan fingerprint density at radius 2 is 2.29 bits per heavy atom. The lowest BCUT2D eigenvalue weighted by Crippen LogP contribution is -2.35. The van der Waals surface area contributed by atoms with Crippen molar-refractivity contribution >= 4 is 16.9 Å². The van der Waals surface area contributed by atoms with Gasteiger partial charge >= 0.3 is 0 Å². The largest absolute Gasteiger partial charge is 0.355 e. The van der Waals surface area contributed by atoms with Gasteiger partial charge in [-0.15, -0.1) is 0 Å². The Bertz CT molecular complexity index is 569. The molecule has 1 aromatic heterocycles. The Labute approximate surface area is 99.5 Å². The van der Waals surface area contributed by atoms with Crippen molar-refractivity contribution in [1.82, 2.24) is 20.4 Å². The zero-order chi connectivity index (χ0) is 11.7. The van der Waals surface area contributed by atoms with Crippen LogP contribution in [0.5, 0.6) is 0 Å². The van der Waals surface area contributed by atoms with Gasteiger partial charge in [0, 0.05) is 11.9 Å². The van der Waals surface area contributed by atoms with Gasteiger partial charge in [0.2, 0.25) is 0 Å². The van der Waals surface area contributed by atoms with E-state index in [0.29, 0.717) is 6.67 Å². The molecule has 2 aromatic rings. The van der Waals surface area contributed by atoms with Crippen molar-refractivity contribution in [3.63, 3.8) is 0 Å². The van der Waals surface area contributed by atoms with Gasteiger partial charge in [-0.3, -0.25) is 4.99 Å². The van der Waals surface area contributed by atoms with Gasteiger partial charge in [-0.25, -0.2) is 4.68 Å². The molecule has 0 saturated carbocycles. The number of rotatable bonds is 2. The first-order valence-corrected chi connectivity index (χ1v) is 5.79. The number of aromatic nitrogens is 2. The normalized spacial score (nSPS) is 14.8. The topological polar surface area (TPSA) is 54.2 Å². The number of aliphatic imine (C=N–C) groups is 1. The smallest absolute Gasteiger partial charge is 0.192 e. The van der Waals surface area contributed by atoms with Crippen LogP contribution in [-0.4, -0.2) is 28.8 Å². The molecule has 0 amide bonds. The zero-order valence-electron chi connectivity index (χ0n) is 9.77. The number of fused-ring (bicyclic) bond motifs is 1. The lowest BCUT2D eigenvalue weighted by molar-refractivity contribution is 0.599. The monoisotopic (exact) mass is 229 g/mol. The summed E-state index contributed by atoms with van der Waals surface area (Å²) in [5.74, 6) is 0.863. The molecule has 3 rings (SSSR count). The molecule has 1 aliphatic heterocycles. The predicted octanol–water partition coefficient (Wildman–Crippen LogP) is 0.851. The molecule has 0 bridgehead atoms. The van der Waals surface area contributed by atoms with Gasteiger partial charge < -0.3 is 10.6 Å². The predicted molar refractivity (Wildman–Crippen MR) is 67.9 cm³/mol. The Morgan fingerprint density at radius 3 is 3.12 bits per heavy atom. The van der Waals surface area contributed by atoms with Crippen molar-refractivity contribution in [2.24, 2.45) is 4.99 Å². The van der Waals surface area contributed by atoms with E-state index in [2.05, 4.69) is 32.9 Å². The van der Waals surface area contributed by atoms with Crippen molar-refractivity contribution in [1.29, 1.82) is 0 Å². The average molecular weight is 229 g/mol. The van der Waals surface area contributed by atoms with E-state index in [-0.39, 0.29) is 0 Å². The van der Waals surface area contributed by atoms with Crippen molar-refractivity contribution in [2.75, 3.05) is 13.1 Å². The number of aryl methyl sites for hydroxylation is 1. The fourth-order valence-electron chi connectivity index (χ4n) is 2.08. The van der Waals surface area contributed by atoms with E-state index in [1.165, 1.54) is 5.39 Å². The summed E-state index contributed by atoms with van der Waals surface area (Å²) in [5, 5.41) is 12.1. The molecule has 0 unspecified atom stereocenters. The Kier molecular flexibility index (Phi) is 2.44. The van der Waals surface area contributed by atoms with Crippen molar-refractivity contribution in [3.8, 4) is 0 Å². The third kappa shape index (κ3) is 1.84. The minimum absolute atomic E-state index is 0.639. The first-order valence-electron chi connectivity index (χ1n) is 5.79. The van der Waals surface area contributed by atoms with Gasteiger partial charge in [0.05, 0.1) is 17.8 Å². The standard InChI is InChI=1S/C12H15N5/c1-9-10-4-2-3-5-11(10)17(16-9)8-15-12-13-6-7-14-12/h2-5H,6-8H2,1H3,(H2,13,14,15). The summed E-state index contributed by atoms with van der Waals surface area (Å²) in [6.07, 6.45) is 0. The maximum absolute atomic E-state index is 4.52. The summed E-state index contributed by atoms with van der Waals surface area (Å²) < 4.78 is 1.97. The first-order chi connectivity index (χ1) is 8.34. The summed E-state index contributed by atoms with van der Waals surface area (Å²) in [6, 6.07) is 8.25. The van der Waals surface area contributed by atoms with Gasteiger partial charge in [0.1, 0.15) is 6.67 Å². The van der Waals surface area contributed by atoms with Crippen LogP contribution < -0.4 is 10.6 Å². The Balaban J connectivity index is 1.85. The lowest BCUT2D eigenvalue weighted by Gasteiger charge is -2.07. The third-order valence-electron chi connectivity index (χ3n) is 2.91. The molecule has 88 valence electrons. The van der Waals surface area contributed by atoms with Gasteiger partial charge in [-0.2, -0.15) is 5.10 Å². The van der Waals surface area contributed by atoms with Gasteiger partial charge in [0.25, 0.3) is 0 Å². The van der Waals surface area contributed by atoms with Crippen LogP contribution in [0, 0.1) is 6.92 Å². The summed E-state index contributed by atoms with van der Waals surface area (Å²) in [5.41, 5.74) is 2.21. The fraction of sp³-hybridized carbons (Fsp3) is 0.333. The summed E-state index contributed by atoms with van der Waals surface area (Å²) in [4.78, 5) is 4.29. The van der Waals surface area contributed by atoms with E-state index in [1.54, 1.807) is 0 Å². The Morgan fingerprint density at radius 1 is 1.41 bits per heavy atom. The molecule has 0 atom stereocenters. The highest BCUT2D eigenvalue weighted by Crippen LogP contribution is 2.16. The molecule has 1 aromatic carbocycles. The van der Waals surface area contributed by atoms with Crippen molar-refractivity contribution in [2.45, 2.75) is 13.6 Å². The zero-order valence-corrected chi connectivity index (χ0v) is 9.77. The third-order valence-corrected chi connectivity index (χ3v) is 2.91. The Hall–Kier alpha value is -2.04. The molecule has 5 nitrogen and oxygen atoms in total. The van der Waals surface area contributed by atoms with E-state index >= 15 is 0 Å². The van der Waals surface area contributed by atoms with Crippen LogP contribution in [0.1, 0.15) is 5.69 Å². The molecular weight excluding hydrogens is 214 g/mol. The highest BCUT2D eigenvalue weighted by Gasteiger charge is 2.08. The highest BCUT2D eigenvalue weighted by atomic mass is 15.4. The molecule has 0 aliphatic carbocycles. The second kappa shape index (κ2) is 4.08. The van der Waals surface area contributed by atoms with E-state index < -0.39 is 0 Å². The quantitative estimate of drug-likeness (QED) is 0.802. The molecule has 1 aliphatic rings. The molecule has 5 heteroatoms. The molecule has 0 fully saturated rings. The second-order valence-corrected chi connectivity index (χ2v) is 4.09. The molecule has 0 radical (unpaired) electrons. The lowest BCUT2D eigenvalue weighted by atomic mass is 10.2. The summed E-state index contributed by atoms with van der Waals surface area (Å²) in [7, 11) is 0. The molecule has 2 heterocycles. The molecule has 2 N–H and O–H groups in total. The minimum atomic E-state index is 0.639. The fourth-order valence-corrected chi connectivity index (χ4v) is 2.08. The van der Waals surface area contributed by atoms with Crippen molar-refractivity contribution in [3.05, 3.63) is 30.0 Å². The molecule has 0 saturated heterocycles. The number of guanidine groups is 1. The van der Waals surface area contributed by atoms with Crippen LogP contribution in [0.2, 0.25) is 0 Å². The van der Waals surface area contributed by atoms with E-state index in [4.69, 9.17) is 0 Å². The number of para-hydroxylation sites is 1. The van der Waals surface area contributed by atoms with E-state index in [1.807, 2.05) is 23.7 Å². The van der Waals surface area contributed by atoms with Gasteiger partial charge in [0.15, 0.2) is 5.96 Å². The van der Waals surface area contributed by atoms with Gasteiger partial charge in [-0.05, 0) is 13.0 Å². The number of hydrogen-bond acceptors (Lipinski definition) is 4. The average Bonchev–Trinajstić information content (AvgIpc) is 2.96. The molecule has 17 heavy (non-hydrogen) atoms. The van der Waals surface area contributed by atoms with E-state index in [0.717, 1.165) is 30.3 Å². The summed E-state index contributed by atoms with van der Waals surface area (Å²) in [6.45, 7) is 4.44. The number of nitrogens with zero attached hydrogens (tertiary/aromatic N) is 3. The van der Waals surface area contributed by atoms with Crippen LogP contribution in [0.3, 0.4) is 0 Å². The number of hydrogen-bond donors (Lipinski definition) is 2.